The summed E-state index contributed by atoms with van der Waals surface area (Å²) < 4.78 is 0. The number of ketones is 1. The van der Waals surface area contributed by atoms with Crippen LogP contribution in [0.25, 0.3) is 10.8 Å². The van der Waals surface area contributed by atoms with Crippen molar-refractivity contribution in [2.24, 2.45) is 0 Å². The lowest BCUT2D eigenvalue weighted by atomic mass is 10.0. The van der Waals surface area contributed by atoms with Gasteiger partial charge >= 0.3 is 0 Å². The van der Waals surface area contributed by atoms with E-state index in [1.165, 1.54) is 0 Å². The van der Waals surface area contributed by atoms with E-state index in [0.29, 0.717) is 11.1 Å². The third-order valence-electron chi connectivity index (χ3n) is 5.40. The van der Waals surface area contributed by atoms with Crippen LogP contribution in [-0.4, -0.2) is 16.4 Å². The molecule has 0 aromatic heterocycles. The van der Waals surface area contributed by atoms with Crippen LogP contribution in [0.5, 0.6) is 0 Å². The summed E-state index contributed by atoms with van der Waals surface area (Å²) in [6.07, 6.45) is 0. The van der Waals surface area contributed by atoms with Gasteiger partial charge in [0.2, 0.25) is 0 Å². The fourth-order valence-electron chi connectivity index (χ4n) is 4.17. The lowest BCUT2D eigenvalue weighted by Gasteiger charge is -2.18. The third-order valence-corrected chi connectivity index (χ3v) is 5.40. The van der Waals surface area contributed by atoms with Gasteiger partial charge in [0.15, 0.2) is 17.0 Å². The van der Waals surface area contributed by atoms with Gasteiger partial charge in [-0.3, -0.25) is 4.79 Å². The molecule has 0 bridgehead atoms. The molecule has 3 aromatic rings. The quantitative estimate of drug-likeness (QED) is 0.700. The van der Waals surface area contributed by atoms with Gasteiger partial charge < -0.3 is 10.0 Å². The standard InChI is InChI=1S/C20H15NO2/c1-19-18(22)15-10-4-5-11-16(15)20(19,23)21(19)17-12-6-8-13-7-2-3-9-14(13)17/h2-12,23H,1H3. The summed E-state index contributed by atoms with van der Waals surface area (Å²) in [4.78, 5) is 14.7. The van der Waals surface area contributed by atoms with Crippen LogP contribution in [0.1, 0.15) is 22.8 Å². The number of anilines is 1. The highest BCUT2D eigenvalue weighted by Crippen LogP contribution is 2.65. The number of hydrogen-bond donors (Lipinski definition) is 1. The van der Waals surface area contributed by atoms with Gasteiger partial charge in [-0.2, -0.15) is 0 Å². The van der Waals surface area contributed by atoms with E-state index in [1.807, 2.05) is 72.5 Å². The van der Waals surface area contributed by atoms with Crippen LogP contribution < -0.4 is 4.90 Å². The molecule has 1 heterocycles. The maximum absolute atomic E-state index is 12.9. The number of carbonyl (C=O) groups excluding carboxylic acids is 1. The summed E-state index contributed by atoms with van der Waals surface area (Å²) in [5.74, 6) is -0.0106. The Labute approximate surface area is 133 Å². The number of hydrogen-bond acceptors (Lipinski definition) is 3. The van der Waals surface area contributed by atoms with Crippen LogP contribution in [0.2, 0.25) is 0 Å². The van der Waals surface area contributed by atoms with Crippen LogP contribution in [0.4, 0.5) is 5.69 Å². The van der Waals surface area contributed by atoms with Crippen molar-refractivity contribution in [1.82, 2.24) is 0 Å². The van der Waals surface area contributed by atoms with E-state index in [-0.39, 0.29) is 5.78 Å². The zero-order valence-electron chi connectivity index (χ0n) is 12.7. The van der Waals surface area contributed by atoms with Crippen molar-refractivity contribution < 1.29 is 9.90 Å². The van der Waals surface area contributed by atoms with Crippen molar-refractivity contribution >= 4 is 22.2 Å². The number of carbonyl (C=O) groups is 1. The van der Waals surface area contributed by atoms with E-state index >= 15 is 0 Å². The molecule has 1 N–H and O–H groups in total. The van der Waals surface area contributed by atoms with E-state index in [9.17, 15) is 9.90 Å². The molecule has 1 saturated heterocycles. The minimum Gasteiger partial charge on any atom is -0.364 e. The predicted molar refractivity (Wildman–Crippen MR) is 89.5 cm³/mol. The number of benzene rings is 3. The topological polar surface area (TPSA) is 40.3 Å². The summed E-state index contributed by atoms with van der Waals surface area (Å²) in [7, 11) is 0. The van der Waals surface area contributed by atoms with Crippen LogP contribution >= 0.6 is 0 Å². The van der Waals surface area contributed by atoms with E-state index < -0.39 is 11.3 Å². The molecule has 3 aromatic carbocycles. The molecule has 1 fully saturated rings. The Hall–Kier alpha value is -2.65. The van der Waals surface area contributed by atoms with E-state index in [4.69, 9.17) is 0 Å². The van der Waals surface area contributed by atoms with Crippen LogP contribution in [-0.2, 0) is 5.72 Å². The number of fused-ring (bicyclic) bond motifs is 4. The van der Waals surface area contributed by atoms with Crippen molar-refractivity contribution in [1.29, 1.82) is 0 Å². The molecule has 112 valence electrons. The average molecular weight is 301 g/mol. The summed E-state index contributed by atoms with van der Waals surface area (Å²) in [5, 5.41) is 13.5. The molecule has 2 aliphatic rings. The zero-order valence-corrected chi connectivity index (χ0v) is 12.7. The van der Waals surface area contributed by atoms with Gasteiger partial charge in [-0.1, -0.05) is 60.7 Å². The Kier molecular flexibility index (Phi) is 2.13. The van der Waals surface area contributed by atoms with Crippen molar-refractivity contribution in [3.63, 3.8) is 0 Å². The highest BCUT2D eigenvalue weighted by Gasteiger charge is 2.81. The number of rotatable bonds is 1. The fourth-order valence-corrected chi connectivity index (χ4v) is 4.17. The first-order valence-corrected chi connectivity index (χ1v) is 7.75. The number of nitrogens with zero attached hydrogens (tertiary/aromatic N) is 1. The normalized spacial score (nSPS) is 27.9. The minimum atomic E-state index is -1.25. The monoisotopic (exact) mass is 301 g/mol. The maximum atomic E-state index is 12.9. The minimum absolute atomic E-state index is 0.0106. The second-order valence-electron chi connectivity index (χ2n) is 6.45. The molecule has 0 saturated carbocycles. The first-order chi connectivity index (χ1) is 11.1. The fraction of sp³-hybridized carbons (Fsp3) is 0.150. The van der Waals surface area contributed by atoms with Gasteiger partial charge in [0.25, 0.3) is 0 Å². The highest BCUT2D eigenvalue weighted by molar-refractivity contribution is 6.18. The van der Waals surface area contributed by atoms with E-state index in [1.54, 1.807) is 6.07 Å². The molecule has 3 nitrogen and oxygen atoms in total. The van der Waals surface area contributed by atoms with Crippen molar-refractivity contribution in [3.05, 3.63) is 77.9 Å². The van der Waals surface area contributed by atoms with Crippen molar-refractivity contribution in [2.45, 2.75) is 18.2 Å². The first-order valence-electron chi connectivity index (χ1n) is 7.75. The van der Waals surface area contributed by atoms with Gasteiger partial charge in [-0.25, -0.2) is 0 Å². The second kappa shape index (κ2) is 3.81. The smallest absolute Gasteiger partial charge is 0.197 e. The lowest BCUT2D eigenvalue weighted by molar-refractivity contribution is 0.0884. The Morgan fingerprint density at radius 3 is 2.48 bits per heavy atom. The Morgan fingerprint density at radius 2 is 1.61 bits per heavy atom. The third kappa shape index (κ3) is 1.25. The van der Waals surface area contributed by atoms with Gasteiger partial charge in [-0.05, 0) is 18.4 Å². The molecule has 3 heteroatoms. The molecule has 23 heavy (non-hydrogen) atoms. The van der Waals surface area contributed by atoms with Crippen LogP contribution in [0.3, 0.4) is 0 Å². The zero-order chi connectivity index (χ0) is 15.8. The number of Topliss-reactive ketones (excluding diaryl/α,β-unsaturated/α-hetero) is 1. The Bertz CT molecular complexity index is 990. The van der Waals surface area contributed by atoms with E-state index in [0.717, 1.165) is 16.5 Å². The van der Waals surface area contributed by atoms with Gasteiger partial charge in [0.1, 0.15) is 0 Å². The predicted octanol–water partition coefficient (Wildman–Crippen LogP) is 3.46. The summed E-state index contributed by atoms with van der Waals surface area (Å²) in [5.41, 5.74) is 0.0800. The molecular formula is C20H15NO2. The molecular weight excluding hydrogens is 286 g/mol. The maximum Gasteiger partial charge on any atom is 0.197 e. The first kappa shape index (κ1) is 12.9. The molecule has 0 amide bonds. The lowest BCUT2D eigenvalue weighted by Crippen LogP contribution is -2.24. The molecule has 1 aliphatic carbocycles. The van der Waals surface area contributed by atoms with Crippen molar-refractivity contribution in [2.75, 3.05) is 4.90 Å². The Morgan fingerprint density at radius 1 is 0.913 bits per heavy atom. The molecule has 1 aliphatic heterocycles. The van der Waals surface area contributed by atoms with Gasteiger partial charge in [0.05, 0.1) is 0 Å². The van der Waals surface area contributed by atoms with Crippen molar-refractivity contribution in [3.8, 4) is 0 Å². The average Bonchev–Trinajstić information content (AvgIpc) is 3.05. The second-order valence-corrected chi connectivity index (χ2v) is 6.45. The largest absolute Gasteiger partial charge is 0.364 e. The van der Waals surface area contributed by atoms with Crippen LogP contribution in [0.15, 0.2) is 66.7 Å². The highest BCUT2D eigenvalue weighted by atomic mass is 16.3. The molecule has 5 rings (SSSR count). The Balaban J connectivity index is 1.77. The summed E-state index contributed by atoms with van der Waals surface area (Å²) in [6, 6.07) is 21.4. The molecule has 0 radical (unpaired) electrons. The summed E-state index contributed by atoms with van der Waals surface area (Å²) in [6.45, 7) is 1.83. The van der Waals surface area contributed by atoms with Gasteiger partial charge in [0, 0.05) is 22.2 Å². The number of aliphatic hydroxyl groups is 1. The molecule has 2 atom stereocenters. The molecule has 0 spiro atoms. The summed E-state index contributed by atoms with van der Waals surface area (Å²) >= 11 is 0. The molecule has 2 unspecified atom stereocenters. The SMILES string of the molecule is CC12C(=O)c3ccccc3C1(O)N2c1cccc2ccccc12. The van der Waals surface area contributed by atoms with Crippen LogP contribution in [0, 0.1) is 0 Å². The van der Waals surface area contributed by atoms with Gasteiger partial charge in [-0.15, -0.1) is 0 Å². The van der Waals surface area contributed by atoms with E-state index in [2.05, 4.69) is 0 Å².